The number of nitrogens with zero attached hydrogens (tertiary/aromatic N) is 1. The Kier molecular flexibility index (Phi) is 3.17. The zero-order valence-electron chi connectivity index (χ0n) is 7.69. The number of hydrogen-bond donors (Lipinski definition) is 1. The summed E-state index contributed by atoms with van der Waals surface area (Å²) in [5.41, 5.74) is 0.722. The van der Waals surface area contributed by atoms with Crippen molar-refractivity contribution in [3.63, 3.8) is 0 Å². The van der Waals surface area contributed by atoms with Gasteiger partial charge in [0.1, 0.15) is 6.61 Å². The van der Waals surface area contributed by atoms with Crippen LogP contribution < -0.4 is 0 Å². The molecule has 1 aromatic rings. The zero-order chi connectivity index (χ0) is 10.6. The molecular weight excluding hydrogens is 184 g/mol. The second-order valence-electron chi connectivity index (χ2n) is 2.77. The molecule has 0 aromatic heterocycles. The number of hydrogen-bond acceptors (Lipinski definition) is 4. The first-order chi connectivity index (χ1) is 6.59. The number of non-ortho nitro benzene ring substituents is 1. The van der Waals surface area contributed by atoms with Crippen LogP contribution in [0.1, 0.15) is 12.5 Å². The lowest BCUT2D eigenvalue weighted by Crippen LogP contribution is -1.98. The quantitative estimate of drug-likeness (QED) is 0.346. The first-order valence-electron chi connectivity index (χ1n) is 4.01. The second kappa shape index (κ2) is 4.36. The van der Waals surface area contributed by atoms with Crippen molar-refractivity contribution in [1.29, 1.82) is 5.41 Å². The molecule has 0 bridgehead atoms. The molecule has 0 spiro atoms. The molecule has 0 fully saturated rings. The lowest BCUT2D eigenvalue weighted by molar-refractivity contribution is -0.384. The molecule has 0 saturated carbocycles. The van der Waals surface area contributed by atoms with E-state index >= 15 is 0 Å². The predicted octanol–water partition coefficient (Wildman–Crippen LogP) is 2.11. The number of nitro benzene ring substituents is 1. The fraction of sp³-hybridized carbons (Fsp3) is 0.222. The Bertz CT molecular complexity index is 363. The topological polar surface area (TPSA) is 76.2 Å². The van der Waals surface area contributed by atoms with E-state index < -0.39 is 4.92 Å². The smallest absolute Gasteiger partial charge is 0.269 e. The molecular formula is C9H10N2O3. The van der Waals surface area contributed by atoms with E-state index in [1.54, 1.807) is 12.1 Å². The third-order valence-corrected chi connectivity index (χ3v) is 1.58. The summed E-state index contributed by atoms with van der Waals surface area (Å²) < 4.78 is 4.92. The molecule has 14 heavy (non-hydrogen) atoms. The van der Waals surface area contributed by atoms with Crippen LogP contribution in [0.25, 0.3) is 0 Å². The first-order valence-corrected chi connectivity index (χ1v) is 4.01. The molecule has 1 N–H and O–H groups in total. The third kappa shape index (κ3) is 2.85. The molecule has 0 unspecified atom stereocenters. The summed E-state index contributed by atoms with van der Waals surface area (Å²) in [5, 5.41) is 17.4. The first kappa shape index (κ1) is 10.2. The molecule has 0 aliphatic heterocycles. The molecule has 5 nitrogen and oxygen atoms in total. The Morgan fingerprint density at radius 2 is 2.36 bits per heavy atom. The second-order valence-corrected chi connectivity index (χ2v) is 2.77. The maximum atomic E-state index is 10.4. The monoisotopic (exact) mass is 194 g/mol. The van der Waals surface area contributed by atoms with Crippen molar-refractivity contribution in [3.8, 4) is 0 Å². The standard InChI is InChI=1S/C9H10N2O3/c1-7(10)14-6-8-3-2-4-9(5-8)11(12)13/h2-5,10H,6H2,1H3. The van der Waals surface area contributed by atoms with E-state index in [9.17, 15) is 10.1 Å². The van der Waals surface area contributed by atoms with Crippen LogP contribution in [0.5, 0.6) is 0 Å². The van der Waals surface area contributed by atoms with Crippen molar-refractivity contribution in [3.05, 3.63) is 39.9 Å². The van der Waals surface area contributed by atoms with Gasteiger partial charge in [-0.05, 0) is 5.56 Å². The van der Waals surface area contributed by atoms with E-state index in [4.69, 9.17) is 10.1 Å². The largest absolute Gasteiger partial charge is 0.477 e. The number of nitrogens with one attached hydrogen (secondary N) is 1. The van der Waals surface area contributed by atoms with E-state index in [0.29, 0.717) is 5.56 Å². The summed E-state index contributed by atoms with van der Waals surface area (Å²) in [4.78, 5) is 9.96. The van der Waals surface area contributed by atoms with Gasteiger partial charge in [-0.1, -0.05) is 12.1 Å². The van der Waals surface area contributed by atoms with Crippen molar-refractivity contribution in [2.45, 2.75) is 13.5 Å². The van der Waals surface area contributed by atoms with Gasteiger partial charge in [-0.3, -0.25) is 15.5 Å². The van der Waals surface area contributed by atoms with Crippen LogP contribution in [0.15, 0.2) is 24.3 Å². The van der Waals surface area contributed by atoms with Crippen molar-refractivity contribution in [1.82, 2.24) is 0 Å². The molecule has 0 heterocycles. The summed E-state index contributed by atoms with van der Waals surface area (Å²) in [7, 11) is 0. The molecule has 0 radical (unpaired) electrons. The molecule has 5 heteroatoms. The molecule has 0 atom stereocenters. The summed E-state index contributed by atoms with van der Waals surface area (Å²) >= 11 is 0. The van der Waals surface area contributed by atoms with Gasteiger partial charge in [0, 0.05) is 19.1 Å². The maximum Gasteiger partial charge on any atom is 0.269 e. The summed E-state index contributed by atoms with van der Waals surface area (Å²) in [6, 6.07) is 6.16. The highest BCUT2D eigenvalue weighted by Crippen LogP contribution is 2.13. The predicted molar refractivity (Wildman–Crippen MR) is 51.3 cm³/mol. The Morgan fingerprint density at radius 1 is 1.64 bits per heavy atom. The van der Waals surface area contributed by atoms with Gasteiger partial charge in [-0.2, -0.15) is 0 Å². The average molecular weight is 194 g/mol. The zero-order valence-corrected chi connectivity index (χ0v) is 7.69. The Labute approximate surface area is 81.0 Å². The maximum absolute atomic E-state index is 10.4. The fourth-order valence-corrected chi connectivity index (χ4v) is 0.951. The van der Waals surface area contributed by atoms with E-state index in [1.165, 1.54) is 19.1 Å². The van der Waals surface area contributed by atoms with Gasteiger partial charge in [-0.15, -0.1) is 0 Å². The SMILES string of the molecule is CC(=N)OCc1cccc([N+](=O)[O-])c1. The number of ether oxygens (including phenoxy) is 1. The van der Waals surface area contributed by atoms with Gasteiger partial charge >= 0.3 is 0 Å². The van der Waals surface area contributed by atoms with Gasteiger partial charge in [0.25, 0.3) is 5.69 Å². The molecule has 0 saturated heterocycles. The molecule has 0 aliphatic carbocycles. The highest BCUT2D eigenvalue weighted by molar-refractivity contribution is 5.69. The molecule has 0 amide bonds. The fourth-order valence-electron chi connectivity index (χ4n) is 0.951. The van der Waals surface area contributed by atoms with Crippen molar-refractivity contribution < 1.29 is 9.66 Å². The van der Waals surface area contributed by atoms with Gasteiger partial charge < -0.3 is 4.74 Å². The Hall–Kier alpha value is -1.91. The normalized spacial score (nSPS) is 9.50. The van der Waals surface area contributed by atoms with E-state index in [0.717, 1.165) is 0 Å². The van der Waals surface area contributed by atoms with Crippen LogP contribution in [-0.2, 0) is 11.3 Å². The Balaban J connectivity index is 2.73. The van der Waals surface area contributed by atoms with Gasteiger partial charge in [0.2, 0.25) is 0 Å². The molecule has 1 rings (SSSR count). The Morgan fingerprint density at radius 3 is 2.93 bits per heavy atom. The van der Waals surface area contributed by atoms with Gasteiger partial charge in [0.15, 0.2) is 5.90 Å². The number of benzene rings is 1. The van der Waals surface area contributed by atoms with Gasteiger partial charge in [0.05, 0.1) is 4.92 Å². The minimum atomic E-state index is -0.458. The highest BCUT2D eigenvalue weighted by Gasteiger charge is 2.05. The van der Waals surface area contributed by atoms with Crippen LogP contribution in [0.3, 0.4) is 0 Å². The van der Waals surface area contributed by atoms with Gasteiger partial charge in [-0.25, -0.2) is 0 Å². The van der Waals surface area contributed by atoms with E-state index in [1.807, 2.05) is 0 Å². The van der Waals surface area contributed by atoms with Crippen molar-refractivity contribution in [2.24, 2.45) is 0 Å². The van der Waals surface area contributed by atoms with E-state index in [2.05, 4.69) is 0 Å². The van der Waals surface area contributed by atoms with E-state index in [-0.39, 0.29) is 18.2 Å². The third-order valence-electron chi connectivity index (χ3n) is 1.58. The molecule has 74 valence electrons. The minimum Gasteiger partial charge on any atom is -0.477 e. The number of nitro groups is 1. The lowest BCUT2D eigenvalue weighted by Gasteiger charge is -2.02. The number of rotatable bonds is 3. The molecule has 0 aliphatic rings. The highest BCUT2D eigenvalue weighted by atomic mass is 16.6. The van der Waals surface area contributed by atoms with Crippen LogP contribution >= 0.6 is 0 Å². The summed E-state index contributed by atoms with van der Waals surface area (Å²) in [6.07, 6.45) is 0. The van der Waals surface area contributed by atoms with Crippen LogP contribution in [0.2, 0.25) is 0 Å². The van der Waals surface area contributed by atoms with Crippen LogP contribution in [-0.4, -0.2) is 10.8 Å². The minimum absolute atomic E-state index is 0.0359. The van der Waals surface area contributed by atoms with Crippen LogP contribution in [0.4, 0.5) is 5.69 Å². The molecule has 1 aromatic carbocycles. The lowest BCUT2D eigenvalue weighted by atomic mass is 10.2. The summed E-state index contributed by atoms with van der Waals surface area (Å²) in [6.45, 7) is 1.70. The average Bonchev–Trinajstić information content (AvgIpc) is 2.15. The summed E-state index contributed by atoms with van der Waals surface area (Å²) in [5.74, 6) is 0.0940. The van der Waals surface area contributed by atoms with Crippen molar-refractivity contribution >= 4 is 11.6 Å². The van der Waals surface area contributed by atoms with Crippen molar-refractivity contribution in [2.75, 3.05) is 0 Å². The van der Waals surface area contributed by atoms with Crippen LogP contribution in [0, 0.1) is 15.5 Å².